The molecule has 1 N–H and O–H groups in total. The third-order valence-corrected chi connectivity index (χ3v) is 3.68. The largest absolute Gasteiger partial charge is 0.305 e. The molecule has 1 heterocycles. The van der Waals surface area contributed by atoms with E-state index in [4.69, 9.17) is 0 Å². The van der Waals surface area contributed by atoms with E-state index in [1.165, 1.54) is 22.3 Å². The molecular weight excluding hydrogens is 232 g/mol. The highest BCUT2D eigenvalue weighted by molar-refractivity contribution is 5.36. The first-order chi connectivity index (χ1) is 9.08. The van der Waals surface area contributed by atoms with E-state index in [1.807, 2.05) is 18.3 Å². The van der Waals surface area contributed by atoms with Gasteiger partial charge in [-0.15, -0.1) is 0 Å². The molecule has 0 spiro atoms. The smallest absolute Gasteiger partial charge is 0.0570 e. The molecule has 0 fully saturated rings. The number of hydrogen-bond acceptors (Lipinski definition) is 2. The SMILES string of the molecule is Cc1cc(C)c(CNC(C)c2ccccn2)cc1C. The van der Waals surface area contributed by atoms with Gasteiger partial charge in [-0.25, -0.2) is 0 Å². The summed E-state index contributed by atoms with van der Waals surface area (Å²) in [7, 11) is 0. The molecule has 0 aliphatic rings. The van der Waals surface area contributed by atoms with Crippen LogP contribution in [0.2, 0.25) is 0 Å². The Kier molecular flexibility index (Phi) is 4.33. The van der Waals surface area contributed by atoms with Gasteiger partial charge in [0.15, 0.2) is 0 Å². The van der Waals surface area contributed by atoms with Crippen LogP contribution < -0.4 is 5.32 Å². The van der Waals surface area contributed by atoms with Gasteiger partial charge in [-0.1, -0.05) is 18.2 Å². The Morgan fingerprint density at radius 3 is 2.47 bits per heavy atom. The molecule has 0 aliphatic carbocycles. The lowest BCUT2D eigenvalue weighted by Crippen LogP contribution is -2.19. The van der Waals surface area contributed by atoms with E-state index >= 15 is 0 Å². The summed E-state index contributed by atoms with van der Waals surface area (Å²) >= 11 is 0. The highest BCUT2D eigenvalue weighted by atomic mass is 14.9. The van der Waals surface area contributed by atoms with Crippen molar-refractivity contribution in [3.8, 4) is 0 Å². The van der Waals surface area contributed by atoms with Crippen molar-refractivity contribution in [2.24, 2.45) is 0 Å². The average molecular weight is 254 g/mol. The molecule has 0 radical (unpaired) electrons. The van der Waals surface area contributed by atoms with Crippen LogP contribution >= 0.6 is 0 Å². The fourth-order valence-corrected chi connectivity index (χ4v) is 2.21. The Hall–Kier alpha value is -1.67. The Morgan fingerprint density at radius 1 is 1.05 bits per heavy atom. The molecular formula is C17H22N2. The second-order valence-electron chi connectivity index (χ2n) is 5.22. The molecule has 0 bridgehead atoms. The van der Waals surface area contributed by atoms with E-state index in [0.29, 0.717) is 0 Å². The minimum absolute atomic E-state index is 0.266. The standard InChI is InChI=1S/C17H22N2/c1-12-9-14(3)16(10-13(12)2)11-19-15(4)17-7-5-6-8-18-17/h5-10,15,19H,11H2,1-4H3. The van der Waals surface area contributed by atoms with Crippen molar-refractivity contribution in [2.45, 2.75) is 40.3 Å². The Labute approximate surface area is 115 Å². The normalized spacial score (nSPS) is 12.4. The van der Waals surface area contributed by atoms with Crippen molar-refractivity contribution in [1.82, 2.24) is 10.3 Å². The zero-order valence-corrected chi connectivity index (χ0v) is 12.2. The van der Waals surface area contributed by atoms with Crippen LogP contribution in [0.1, 0.15) is 40.9 Å². The van der Waals surface area contributed by atoms with Crippen molar-refractivity contribution in [3.63, 3.8) is 0 Å². The maximum absolute atomic E-state index is 4.38. The summed E-state index contributed by atoms with van der Waals surface area (Å²) in [5.41, 5.74) is 6.52. The van der Waals surface area contributed by atoms with Gasteiger partial charge in [-0.3, -0.25) is 4.98 Å². The highest BCUT2D eigenvalue weighted by Crippen LogP contribution is 2.16. The first kappa shape index (κ1) is 13.8. The predicted molar refractivity (Wildman–Crippen MR) is 80.1 cm³/mol. The van der Waals surface area contributed by atoms with Gasteiger partial charge in [-0.05, 0) is 62.1 Å². The van der Waals surface area contributed by atoms with Gasteiger partial charge in [0, 0.05) is 18.8 Å². The number of aryl methyl sites for hydroxylation is 3. The third kappa shape index (κ3) is 3.42. The number of rotatable bonds is 4. The van der Waals surface area contributed by atoms with Gasteiger partial charge >= 0.3 is 0 Å². The zero-order chi connectivity index (χ0) is 13.8. The molecule has 1 aromatic carbocycles. The predicted octanol–water partition coefficient (Wildman–Crippen LogP) is 3.86. The van der Waals surface area contributed by atoms with Gasteiger partial charge in [0.1, 0.15) is 0 Å². The maximum atomic E-state index is 4.38. The molecule has 1 unspecified atom stereocenters. The molecule has 2 heteroatoms. The van der Waals surface area contributed by atoms with Crippen LogP contribution in [0.5, 0.6) is 0 Å². The first-order valence-corrected chi connectivity index (χ1v) is 6.79. The molecule has 2 nitrogen and oxygen atoms in total. The molecule has 1 atom stereocenters. The van der Waals surface area contributed by atoms with E-state index in [9.17, 15) is 0 Å². The van der Waals surface area contributed by atoms with Gasteiger partial charge in [0.05, 0.1) is 5.69 Å². The van der Waals surface area contributed by atoms with E-state index in [2.05, 4.69) is 56.2 Å². The molecule has 0 saturated heterocycles. The summed E-state index contributed by atoms with van der Waals surface area (Å²) in [6, 6.07) is 10.8. The van der Waals surface area contributed by atoms with E-state index < -0.39 is 0 Å². The van der Waals surface area contributed by atoms with Crippen molar-refractivity contribution in [1.29, 1.82) is 0 Å². The molecule has 0 amide bonds. The minimum atomic E-state index is 0.266. The van der Waals surface area contributed by atoms with E-state index in [0.717, 1.165) is 12.2 Å². The Bertz CT molecular complexity index is 547. The fraction of sp³-hybridized carbons (Fsp3) is 0.353. The lowest BCUT2D eigenvalue weighted by molar-refractivity contribution is 0.560. The molecule has 100 valence electrons. The van der Waals surface area contributed by atoms with Crippen LogP contribution in [0.4, 0.5) is 0 Å². The van der Waals surface area contributed by atoms with Gasteiger partial charge in [-0.2, -0.15) is 0 Å². The van der Waals surface area contributed by atoms with E-state index in [1.54, 1.807) is 0 Å². The van der Waals surface area contributed by atoms with Gasteiger partial charge in [0.25, 0.3) is 0 Å². The second kappa shape index (κ2) is 5.98. The summed E-state index contributed by atoms with van der Waals surface area (Å²) in [5.74, 6) is 0. The summed E-state index contributed by atoms with van der Waals surface area (Å²) in [6.45, 7) is 9.54. The molecule has 2 rings (SSSR count). The lowest BCUT2D eigenvalue weighted by Gasteiger charge is -2.15. The third-order valence-electron chi connectivity index (χ3n) is 3.68. The average Bonchev–Trinajstić information content (AvgIpc) is 2.42. The van der Waals surface area contributed by atoms with Gasteiger partial charge in [0.2, 0.25) is 0 Å². The van der Waals surface area contributed by atoms with Gasteiger partial charge < -0.3 is 5.32 Å². The Morgan fingerprint density at radius 2 is 1.79 bits per heavy atom. The van der Waals surface area contributed by atoms with Crippen molar-refractivity contribution >= 4 is 0 Å². The molecule has 0 saturated carbocycles. The molecule has 2 aromatic rings. The summed E-state index contributed by atoms with van der Waals surface area (Å²) in [5, 5.41) is 3.54. The minimum Gasteiger partial charge on any atom is -0.305 e. The topological polar surface area (TPSA) is 24.9 Å². The number of aromatic nitrogens is 1. The maximum Gasteiger partial charge on any atom is 0.0570 e. The summed E-state index contributed by atoms with van der Waals surface area (Å²) < 4.78 is 0. The number of hydrogen-bond donors (Lipinski definition) is 1. The summed E-state index contributed by atoms with van der Waals surface area (Å²) in [4.78, 5) is 4.38. The van der Waals surface area contributed by atoms with E-state index in [-0.39, 0.29) is 6.04 Å². The van der Waals surface area contributed by atoms with Crippen molar-refractivity contribution in [3.05, 3.63) is 64.5 Å². The monoisotopic (exact) mass is 254 g/mol. The number of nitrogens with zero attached hydrogens (tertiary/aromatic N) is 1. The van der Waals surface area contributed by atoms with Crippen LogP contribution in [0.25, 0.3) is 0 Å². The number of benzene rings is 1. The first-order valence-electron chi connectivity index (χ1n) is 6.79. The highest BCUT2D eigenvalue weighted by Gasteiger charge is 2.07. The van der Waals surface area contributed by atoms with Crippen LogP contribution in [-0.2, 0) is 6.54 Å². The Balaban J connectivity index is 2.05. The number of nitrogens with one attached hydrogen (secondary N) is 1. The molecule has 0 aliphatic heterocycles. The molecule has 1 aromatic heterocycles. The van der Waals surface area contributed by atoms with Crippen molar-refractivity contribution in [2.75, 3.05) is 0 Å². The number of pyridine rings is 1. The van der Waals surface area contributed by atoms with Crippen LogP contribution in [0.3, 0.4) is 0 Å². The summed E-state index contributed by atoms with van der Waals surface area (Å²) in [6.07, 6.45) is 1.84. The zero-order valence-electron chi connectivity index (χ0n) is 12.2. The van der Waals surface area contributed by atoms with Crippen LogP contribution in [-0.4, -0.2) is 4.98 Å². The molecule has 19 heavy (non-hydrogen) atoms. The lowest BCUT2D eigenvalue weighted by atomic mass is 10.0. The quantitative estimate of drug-likeness (QED) is 0.896. The van der Waals surface area contributed by atoms with Crippen molar-refractivity contribution < 1.29 is 0 Å². The second-order valence-corrected chi connectivity index (χ2v) is 5.22. The fourth-order valence-electron chi connectivity index (χ4n) is 2.21. The van der Waals surface area contributed by atoms with Crippen LogP contribution in [0.15, 0.2) is 36.5 Å². The van der Waals surface area contributed by atoms with Crippen LogP contribution in [0, 0.1) is 20.8 Å².